The number of aryl methyl sites for hydroxylation is 3. The predicted molar refractivity (Wildman–Crippen MR) is 113 cm³/mol. The van der Waals surface area contributed by atoms with Gasteiger partial charge in [0.1, 0.15) is 5.75 Å². The fourth-order valence-electron chi connectivity index (χ4n) is 4.48. The van der Waals surface area contributed by atoms with E-state index in [0.717, 1.165) is 36.3 Å². The van der Waals surface area contributed by atoms with E-state index < -0.39 is 0 Å². The number of rotatable bonds is 5. The molecule has 0 unspecified atom stereocenters. The van der Waals surface area contributed by atoms with Crippen LogP contribution in [-0.2, 0) is 23.0 Å². The summed E-state index contributed by atoms with van der Waals surface area (Å²) in [7, 11) is 1.72. The summed E-state index contributed by atoms with van der Waals surface area (Å²) >= 11 is 1.67. The Bertz CT molecular complexity index is 828. The van der Waals surface area contributed by atoms with Gasteiger partial charge in [-0.3, -0.25) is 4.79 Å². The molecule has 2 aliphatic rings. The van der Waals surface area contributed by atoms with E-state index in [2.05, 4.69) is 30.4 Å². The van der Waals surface area contributed by atoms with Gasteiger partial charge in [0.15, 0.2) is 0 Å². The Balaban J connectivity index is 1.56. The van der Waals surface area contributed by atoms with Crippen LogP contribution < -0.4 is 10.1 Å². The van der Waals surface area contributed by atoms with Crippen LogP contribution in [0.25, 0.3) is 0 Å². The lowest BCUT2D eigenvalue weighted by Gasteiger charge is -2.38. The van der Waals surface area contributed by atoms with Crippen molar-refractivity contribution in [1.82, 2.24) is 5.32 Å². The molecule has 1 amide bonds. The van der Waals surface area contributed by atoms with Crippen LogP contribution in [0.15, 0.2) is 24.3 Å². The summed E-state index contributed by atoms with van der Waals surface area (Å²) in [4.78, 5) is 15.2. The van der Waals surface area contributed by atoms with E-state index in [1.54, 1.807) is 18.4 Å². The normalized spacial score (nSPS) is 18.4. The Kier molecular flexibility index (Phi) is 5.74. The summed E-state index contributed by atoms with van der Waals surface area (Å²) < 4.78 is 11.3. The van der Waals surface area contributed by atoms with E-state index in [1.165, 1.54) is 34.4 Å². The van der Waals surface area contributed by atoms with Crippen LogP contribution in [0.4, 0.5) is 0 Å². The molecule has 1 aromatic heterocycles. The van der Waals surface area contributed by atoms with E-state index in [9.17, 15) is 4.79 Å². The Morgan fingerprint density at radius 1 is 1.21 bits per heavy atom. The smallest absolute Gasteiger partial charge is 0.261 e. The molecule has 1 aliphatic carbocycles. The molecular formula is C23H29NO3S. The molecule has 2 aromatic rings. The van der Waals surface area contributed by atoms with Gasteiger partial charge in [-0.25, -0.2) is 0 Å². The zero-order valence-electron chi connectivity index (χ0n) is 16.8. The largest absolute Gasteiger partial charge is 0.496 e. The molecule has 0 radical (unpaired) electrons. The number of nitrogens with one attached hydrogen (secondary N) is 1. The minimum Gasteiger partial charge on any atom is -0.496 e. The molecule has 4 nitrogen and oxygen atoms in total. The summed E-state index contributed by atoms with van der Waals surface area (Å²) in [6, 6.07) is 8.43. The molecule has 4 rings (SSSR count). The number of carbonyl (C=O) groups is 1. The lowest BCUT2D eigenvalue weighted by Crippen LogP contribution is -2.44. The van der Waals surface area contributed by atoms with Crippen LogP contribution in [0.1, 0.15) is 56.9 Å². The summed E-state index contributed by atoms with van der Waals surface area (Å²) in [6.07, 6.45) is 6.48. The van der Waals surface area contributed by atoms with Crippen LogP contribution in [0.3, 0.4) is 0 Å². The highest BCUT2D eigenvalue weighted by molar-refractivity contribution is 7.14. The lowest BCUT2D eigenvalue weighted by molar-refractivity contribution is 0.0479. The number of hydrogen-bond acceptors (Lipinski definition) is 4. The number of fused-ring (bicyclic) bond motifs is 1. The molecule has 2 heterocycles. The van der Waals surface area contributed by atoms with Gasteiger partial charge < -0.3 is 14.8 Å². The number of amides is 1. The predicted octanol–water partition coefficient (Wildman–Crippen LogP) is 4.42. The summed E-state index contributed by atoms with van der Waals surface area (Å²) in [5.74, 6) is 0.949. The van der Waals surface area contributed by atoms with Gasteiger partial charge in [-0.2, -0.15) is 0 Å². The third-order valence-corrected chi connectivity index (χ3v) is 7.42. The van der Waals surface area contributed by atoms with Crippen LogP contribution in [0.5, 0.6) is 5.75 Å². The summed E-state index contributed by atoms with van der Waals surface area (Å²) in [5, 5.41) is 3.25. The van der Waals surface area contributed by atoms with Crippen molar-refractivity contribution < 1.29 is 14.3 Å². The van der Waals surface area contributed by atoms with Gasteiger partial charge in [-0.05, 0) is 63.1 Å². The Morgan fingerprint density at radius 2 is 2.00 bits per heavy atom. The first-order valence-electron chi connectivity index (χ1n) is 10.2. The van der Waals surface area contributed by atoms with Crippen molar-refractivity contribution in [3.63, 3.8) is 0 Å². The van der Waals surface area contributed by atoms with Gasteiger partial charge in [-0.1, -0.05) is 17.7 Å². The topological polar surface area (TPSA) is 47.6 Å². The Morgan fingerprint density at radius 3 is 2.75 bits per heavy atom. The standard InChI is InChI=1S/C23H29NO3S/c1-16-7-8-19(26-2)18(13-16)23(9-11-27-12-10-23)15-24-22(25)21-14-17-5-3-4-6-20(17)28-21/h7-8,13-14H,3-6,9-12,15H2,1-2H3,(H,24,25). The maximum Gasteiger partial charge on any atom is 0.261 e. The maximum absolute atomic E-state index is 12.9. The average Bonchev–Trinajstić information content (AvgIpc) is 3.17. The minimum absolute atomic E-state index is 0.0527. The SMILES string of the molecule is COc1ccc(C)cc1C1(CNC(=O)c2cc3c(s2)CCCC3)CCOCC1. The van der Waals surface area contributed by atoms with Crippen molar-refractivity contribution in [2.24, 2.45) is 0 Å². The van der Waals surface area contributed by atoms with Gasteiger partial charge in [0.2, 0.25) is 0 Å². The molecule has 1 aliphatic heterocycles. The molecule has 1 aromatic carbocycles. The maximum atomic E-state index is 12.9. The second kappa shape index (κ2) is 8.26. The van der Waals surface area contributed by atoms with E-state index in [-0.39, 0.29) is 11.3 Å². The van der Waals surface area contributed by atoms with E-state index >= 15 is 0 Å². The molecule has 150 valence electrons. The van der Waals surface area contributed by atoms with Crippen molar-refractivity contribution >= 4 is 17.2 Å². The zero-order valence-corrected chi connectivity index (χ0v) is 17.6. The fraction of sp³-hybridized carbons (Fsp3) is 0.522. The third-order valence-electron chi connectivity index (χ3n) is 6.18. The third kappa shape index (κ3) is 3.83. The first-order valence-corrected chi connectivity index (χ1v) is 11.1. The zero-order chi connectivity index (χ0) is 19.6. The number of thiophene rings is 1. The van der Waals surface area contributed by atoms with Crippen molar-refractivity contribution in [3.05, 3.63) is 50.7 Å². The quantitative estimate of drug-likeness (QED) is 0.809. The molecule has 5 heteroatoms. The number of carbonyl (C=O) groups excluding carboxylic acids is 1. The minimum atomic E-state index is -0.151. The van der Waals surface area contributed by atoms with Crippen LogP contribution in [0, 0.1) is 6.92 Å². The average molecular weight is 400 g/mol. The molecule has 0 atom stereocenters. The lowest BCUT2D eigenvalue weighted by atomic mass is 9.73. The van der Waals surface area contributed by atoms with Gasteiger partial charge in [0, 0.05) is 35.6 Å². The second-order valence-corrected chi connectivity index (χ2v) is 9.18. The first-order chi connectivity index (χ1) is 13.6. The molecule has 0 saturated carbocycles. The Labute approximate surface area is 171 Å². The van der Waals surface area contributed by atoms with Gasteiger partial charge in [-0.15, -0.1) is 11.3 Å². The van der Waals surface area contributed by atoms with Crippen LogP contribution in [-0.4, -0.2) is 32.8 Å². The summed E-state index contributed by atoms with van der Waals surface area (Å²) in [5.41, 5.74) is 3.62. The molecular weight excluding hydrogens is 370 g/mol. The van der Waals surface area contributed by atoms with Crippen molar-refractivity contribution in [1.29, 1.82) is 0 Å². The van der Waals surface area contributed by atoms with Gasteiger partial charge >= 0.3 is 0 Å². The molecule has 1 fully saturated rings. The van der Waals surface area contributed by atoms with Gasteiger partial charge in [0.05, 0.1) is 12.0 Å². The fourth-order valence-corrected chi connectivity index (χ4v) is 5.65. The second-order valence-electron chi connectivity index (χ2n) is 8.05. The van der Waals surface area contributed by atoms with Crippen LogP contribution in [0.2, 0.25) is 0 Å². The molecule has 1 N–H and O–H groups in total. The first kappa shape index (κ1) is 19.5. The van der Waals surface area contributed by atoms with E-state index in [4.69, 9.17) is 9.47 Å². The highest BCUT2D eigenvalue weighted by atomic mass is 32.1. The van der Waals surface area contributed by atoms with Crippen LogP contribution >= 0.6 is 11.3 Å². The van der Waals surface area contributed by atoms with Crippen molar-refractivity contribution in [3.8, 4) is 5.75 Å². The molecule has 28 heavy (non-hydrogen) atoms. The molecule has 1 saturated heterocycles. The van der Waals surface area contributed by atoms with Crippen molar-refractivity contribution in [2.75, 3.05) is 26.9 Å². The molecule has 0 spiro atoms. The highest BCUT2D eigenvalue weighted by Gasteiger charge is 2.37. The Hall–Kier alpha value is -1.85. The molecule has 0 bridgehead atoms. The van der Waals surface area contributed by atoms with Crippen molar-refractivity contribution in [2.45, 2.75) is 50.9 Å². The summed E-state index contributed by atoms with van der Waals surface area (Å²) in [6.45, 7) is 4.13. The van der Waals surface area contributed by atoms with E-state index in [0.29, 0.717) is 19.8 Å². The van der Waals surface area contributed by atoms with E-state index in [1.807, 2.05) is 6.07 Å². The number of methoxy groups -OCH3 is 1. The number of benzene rings is 1. The number of hydrogen-bond donors (Lipinski definition) is 1. The number of ether oxygens (including phenoxy) is 2. The van der Waals surface area contributed by atoms with Gasteiger partial charge in [0.25, 0.3) is 5.91 Å². The highest BCUT2D eigenvalue weighted by Crippen LogP contribution is 2.40. The monoisotopic (exact) mass is 399 g/mol.